The lowest BCUT2D eigenvalue weighted by molar-refractivity contribution is -0.136. The minimum atomic E-state index is -0.682. The predicted molar refractivity (Wildman–Crippen MR) is 119 cm³/mol. The standard InChI is InChI=1S/C24H23FN4O5/c25-15-1-4-17(5-2-15)34-18-9-10-28(13-18)24(33)26-16-3-6-19-14(11-16)12-29(23(19)32)20-7-8-21(30)27-22(20)31/h1-6,11,18,20H,7-10,12-13H2,(H,26,33)(H,27,30,31)/t18-,20?/m0/s1. The number of nitrogens with zero attached hydrogens (tertiary/aromatic N) is 2. The second kappa shape index (κ2) is 8.77. The molecule has 2 aromatic carbocycles. The molecule has 0 aliphatic carbocycles. The van der Waals surface area contributed by atoms with Crippen LogP contribution in [0.4, 0.5) is 14.9 Å². The number of carbonyl (C=O) groups is 4. The molecule has 0 bridgehead atoms. The molecule has 10 heteroatoms. The van der Waals surface area contributed by atoms with E-state index in [2.05, 4.69) is 10.6 Å². The Kier molecular flexibility index (Phi) is 5.64. The number of amides is 5. The zero-order valence-electron chi connectivity index (χ0n) is 18.3. The Hall–Kier alpha value is -3.95. The number of benzene rings is 2. The number of urea groups is 1. The molecule has 0 saturated carbocycles. The summed E-state index contributed by atoms with van der Waals surface area (Å²) in [6.07, 6.45) is 0.963. The van der Waals surface area contributed by atoms with Crippen LogP contribution in [-0.2, 0) is 16.1 Å². The van der Waals surface area contributed by atoms with Crippen molar-refractivity contribution in [3.63, 3.8) is 0 Å². The van der Waals surface area contributed by atoms with Crippen LogP contribution in [0.15, 0.2) is 42.5 Å². The highest BCUT2D eigenvalue weighted by Crippen LogP contribution is 2.30. The molecule has 176 valence electrons. The van der Waals surface area contributed by atoms with Gasteiger partial charge in [0, 0.05) is 37.2 Å². The maximum Gasteiger partial charge on any atom is 0.321 e. The van der Waals surface area contributed by atoms with Crippen LogP contribution in [0.5, 0.6) is 5.75 Å². The third-order valence-corrected chi connectivity index (χ3v) is 6.32. The number of ether oxygens (including phenoxy) is 1. The van der Waals surface area contributed by atoms with Gasteiger partial charge in [0.05, 0.1) is 6.54 Å². The second-order valence-corrected chi connectivity index (χ2v) is 8.63. The highest BCUT2D eigenvalue weighted by molar-refractivity contribution is 6.05. The van der Waals surface area contributed by atoms with E-state index < -0.39 is 11.9 Å². The molecule has 3 aliphatic heterocycles. The number of hydrogen-bond donors (Lipinski definition) is 2. The van der Waals surface area contributed by atoms with E-state index in [1.54, 1.807) is 35.2 Å². The predicted octanol–water partition coefficient (Wildman–Crippen LogP) is 2.27. The molecule has 2 N–H and O–H groups in total. The molecule has 3 heterocycles. The monoisotopic (exact) mass is 466 g/mol. The number of imide groups is 1. The van der Waals surface area contributed by atoms with E-state index >= 15 is 0 Å². The van der Waals surface area contributed by atoms with Gasteiger partial charge in [-0.05, 0) is 54.4 Å². The van der Waals surface area contributed by atoms with Crippen molar-refractivity contribution < 1.29 is 28.3 Å². The highest BCUT2D eigenvalue weighted by Gasteiger charge is 2.39. The maximum absolute atomic E-state index is 13.1. The first-order chi connectivity index (χ1) is 16.4. The Labute approximate surface area is 194 Å². The number of anilines is 1. The molecular weight excluding hydrogens is 443 g/mol. The lowest BCUT2D eigenvalue weighted by atomic mass is 10.0. The third-order valence-electron chi connectivity index (χ3n) is 6.32. The number of halogens is 1. The van der Waals surface area contributed by atoms with Gasteiger partial charge in [0.15, 0.2) is 0 Å². The molecule has 34 heavy (non-hydrogen) atoms. The number of nitrogens with one attached hydrogen (secondary N) is 2. The average Bonchev–Trinajstić information content (AvgIpc) is 3.40. The molecule has 2 fully saturated rings. The first kappa shape index (κ1) is 21.9. The number of carbonyl (C=O) groups excluding carboxylic acids is 4. The lowest BCUT2D eigenvalue weighted by Gasteiger charge is -2.29. The molecule has 2 saturated heterocycles. The van der Waals surface area contributed by atoms with Crippen molar-refractivity contribution in [1.29, 1.82) is 0 Å². The van der Waals surface area contributed by atoms with Gasteiger partial charge in [-0.1, -0.05) is 0 Å². The first-order valence-corrected chi connectivity index (χ1v) is 11.1. The van der Waals surface area contributed by atoms with Crippen LogP contribution in [0.3, 0.4) is 0 Å². The van der Waals surface area contributed by atoms with Gasteiger partial charge >= 0.3 is 6.03 Å². The third kappa shape index (κ3) is 4.30. The topological polar surface area (TPSA) is 108 Å². The fourth-order valence-electron chi connectivity index (χ4n) is 4.57. The number of fused-ring (bicyclic) bond motifs is 1. The summed E-state index contributed by atoms with van der Waals surface area (Å²) in [5, 5.41) is 5.14. The summed E-state index contributed by atoms with van der Waals surface area (Å²) in [5.41, 5.74) is 1.74. The van der Waals surface area contributed by atoms with Gasteiger partial charge in [-0.3, -0.25) is 19.7 Å². The van der Waals surface area contributed by atoms with Crippen molar-refractivity contribution in [3.8, 4) is 5.75 Å². The number of piperidine rings is 1. The second-order valence-electron chi connectivity index (χ2n) is 8.63. The quantitative estimate of drug-likeness (QED) is 0.673. The molecule has 0 radical (unpaired) electrons. The smallest absolute Gasteiger partial charge is 0.321 e. The van der Waals surface area contributed by atoms with Crippen molar-refractivity contribution in [2.45, 2.75) is 38.0 Å². The van der Waals surface area contributed by atoms with Gasteiger partial charge < -0.3 is 19.9 Å². The summed E-state index contributed by atoms with van der Waals surface area (Å²) in [6.45, 7) is 1.15. The molecule has 2 aromatic rings. The van der Waals surface area contributed by atoms with Crippen LogP contribution in [0.1, 0.15) is 35.2 Å². The number of likely N-dealkylation sites (tertiary alicyclic amines) is 1. The summed E-state index contributed by atoms with van der Waals surface area (Å²) >= 11 is 0. The zero-order valence-corrected chi connectivity index (χ0v) is 18.3. The highest BCUT2D eigenvalue weighted by atomic mass is 19.1. The summed E-state index contributed by atoms with van der Waals surface area (Å²) < 4.78 is 18.9. The van der Waals surface area contributed by atoms with Gasteiger partial charge in [0.1, 0.15) is 23.7 Å². The summed E-state index contributed by atoms with van der Waals surface area (Å²) in [5.74, 6) is -0.837. The minimum absolute atomic E-state index is 0.184. The lowest BCUT2D eigenvalue weighted by Crippen LogP contribution is -2.52. The Morgan fingerprint density at radius 1 is 1.09 bits per heavy atom. The molecule has 5 amide bonds. The minimum Gasteiger partial charge on any atom is -0.489 e. The average molecular weight is 466 g/mol. The molecule has 3 aliphatic rings. The van der Waals surface area contributed by atoms with E-state index in [-0.39, 0.29) is 42.7 Å². The Morgan fingerprint density at radius 3 is 2.65 bits per heavy atom. The van der Waals surface area contributed by atoms with E-state index in [4.69, 9.17) is 4.74 Å². The molecular formula is C24H23FN4O5. The number of hydrogen-bond acceptors (Lipinski definition) is 5. The Bertz CT molecular complexity index is 1170. The Balaban J connectivity index is 1.19. The normalized spacial score (nSPS) is 22.0. The molecule has 0 spiro atoms. The summed E-state index contributed by atoms with van der Waals surface area (Å²) in [6, 6.07) is 9.84. The van der Waals surface area contributed by atoms with Crippen LogP contribution in [0.25, 0.3) is 0 Å². The fourth-order valence-corrected chi connectivity index (χ4v) is 4.57. The van der Waals surface area contributed by atoms with E-state index in [1.807, 2.05) is 0 Å². The van der Waals surface area contributed by atoms with Gasteiger partial charge in [0.25, 0.3) is 5.91 Å². The van der Waals surface area contributed by atoms with Gasteiger partial charge in [-0.25, -0.2) is 9.18 Å². The van der Waals surface area contributed by atoms with Crippen molar-refractivity contribution >= 4 is 29.4 Å². The van der Waals surface area contributed by atoms with Crippen LogP contribution in [0.2, 0.25) is 0 Å². The van der Waals surface area contributed by atoms with Crippen molar-refractivity contribution in [3.05, 3.63) is 59.4 Å². The SMILES string of the molecule is O=C1CCC(N2Cc3cc(NC(=O)N4CC[C@H](Oc5ccc(F)cc5)C4)ccc3C2=O)C(=O)N1. The van der Waals surface area contributed by atoms with Crippen molar-refractivity contribution in [2.24, 2.45) is 0 Å². The number of rotatable bonds is 4. The largest absolute Gasteiger partial charge is 0.489 e. The van der Waals surface area contributed by atoms with Gasteiger partial charge in [0.2, 0.25) is 11.8 Å². The van der Waals surface area contributed by atoms with Crippen LogP contribution < -0.4 is 15.4 Å². The molecule has 9 nitrogen and oxygen atoms in total. The fraction of sp³-hybridized carbons (Fsp3) is 0.333. The molecule has 1 unspecified atom stereocenters. The van der Waals surface area contributed by atoms with Crippen LogP contribution in [0, 0.1) is 5.82 Å². The van der Waals surface area contributed by atoms with Crippen molar-refractivity contribution in [2.75, 3.05) is 18.4 Å². The maximum atomic E-state index is 13.1. The molecule has 5 rings (SSSR count). The van der Waals surface area contributed by atoms with Crippen LogP contribution >= 0.6 is 0 Å². The van der Waals surface area contributed by atoms with Gasteiger partial charge in [-0.2, -0.15) is 0 Å². The van der Waals surface area contributed by atoms with Crippen molar-refractivity contribution in [1.82, 2.24) is 15.1 Å². The van der Waals surface area contributed by atoms with Crippen LogP contribution in [-0.4, -0.2) is 58.8 Å². The van der Waals surface area contributed by atoms with Gasteiger partial charge in [-0.15, -0.1) is 0 Å². The molecule has 2 atom stereocenters. The summed E-state index contributed by atoms with van der Waals surface area (Å²) in [4.78, 5) is 52.3. The zero-order chi connectivity index (χ0) is 23.8. The van der Waals surface area contributed by atoms with E-state index in [0.717, 1.165) is 0 Å². The summed E-state index contributed by atoms with van der Waals surface area (Å²) in [7, 11) is 0. The molecule has 0 aromatic heterocycles. The van der Waals surface area contributed by atoms with E-state index in [1.165, 1.54) is 17.0 Å². The Morgan fingerprint density at radius 2 is 1.88 bits per heavy atom. The van der Waals surface area contributed by atoms with E-state index in [9.17, 15) is 23.6 Å². The van der Waals surface area contributed by atoms with E-state index in [0.29, 0.717) is 48.5 Å². The first-order valence-electron chi connectivity index (χ1n) is 11.1.